The van der Waals surface area contributed by atoms with E-state index in [0.717, 1.165) is 17.0 Å². The van der Waals surface area contributed by atoms with Crippen LogP contribution in [0.3, 0.4) is 0 Å². The van der Waals surface area contributed by atoms with E-state index in [2.05, 4.69) is 9.97 Å². The van der Waals surface area contributed by atoms with Crippen molar-refractivity contribution in [3.63, 3.8) is 0 Å². The van der Waals surface area contributed by atoms with Crippen molar-refractivity contribution in [2.24, 2.45) is 0 Å². The molecule has 3 rings (SSSR count). The Morgan fingerprint density at radius 1 is 1.33 bits per heavy atom. The molecule has 9 heteroatoms. The van der Waals surface area contributed by atoms with Gasteiger partial charge in [-0.3, -0.25) is 19.0 Å². The van der Waals surface area contributed by atoms with Crippen molar-refractivity contribution in [1.82, 2.24) is 19.4 Å². The minimum absolute atomic E-state index is 0.0598. The largest absolute Gasteiger partial charge is 0.383 e. The summed E-state index contributed by atoms with van der Waals surface area (Å²) in [7, 11) is 1.55. The number of carbonyl (C=O) groups is 1. The van der Waals surface area contributed by atoms with Gasteiger partial charge in [-0.05, 0) is 19.1 Å². The second-order valence-corrected chi connectivity index (χ2v) is 6.89. The summed E-state index contributed by atoms with van der Waals surface area (Å²) in [6.07, 6.45) is 0. The van der Waals surface area contributed by atoms with Gasteiger partial charge in [0, 0.05) is 24.7 Å². The van der Waals surface area contributed by atoms with Gasteiger partial charge in [-0.15, -0.1) is 0 Å². The number of thiazole rings is 1. The standard InChI is InChI=1S/C18H20N4O4S/c1-12-11-27-18(25)22(12)10-16(23)21(7-8-26-2)9-15-19-14-6-4-3-5-13(14)17(24)20-15/h3-6,11H,7-10H2,1-2H3,(H,19,20,24). The Kier molecular flexibility index (Phi) is 5.82. The molecule has 0 spiro atoms. The quantitative estimate of drug-likeness (QED) is 0.654. The van der Waals surface area contributed by atoms with E-state index >= 15 is 0 Å². The molecule has 1 N–H and O–H groups in total. The van der Waals surface area contributed by atoms with E-state index in [0.29, 0.717) is 29.9 Å². The van der Waals surface area contributed by atoms with E-state index in [4.69, 9.17) is 4.74 Å². The molecule has 2 aromatic heterocycles. The van der Waals surface area contributed by atoms with E-state index in [1.807, 2.05) is 0 Å². The molecular weight excluding hydrogens is 368 g/mol. The van der Waals surface area contributed by atoms with Crippen LogP contribution in [0.5, 0.6) is 0 Å². The number of carbonyl (C=O) groups excluding carboxylic acids is 1. The molecule has 0 saturated heterocycles. The van der Waals surface area contributed by atoms with Gasteiger partial charge >= 0.3 is 4.87 Å². The first-order valence-corrected chi connectivity index (χ1v) is 9.27. The highest BCUT2D eigenvalue weighted by atomic mass is 32.1. The zero-order valence-electron chi connectivity index (χ0n) is 15.1. The Morgan fingerprint density at radius 3 is 2.81 bits per heavy atom. The lowest BCUT2D eigenvalue weighted by atomic mass is 10.2. The van der Waals surface area contributed by atoms with Crippen molar-refractivity contribution in [1.29, 1.82) is 0 Å². The first-order chi connectivity index (χ1) is 13.0. The number of amides is 1. The number of ether oxygens (including phenoxy) is 1. The van der Waals surface area contributed by atoms with Gasteiger partial charge in [0.05, 0.1) is 24.1 Å². The van der Waals surface area contributed by atoms with Crippen LogP contribution in [0.1, 0.15) is 11.5 Å². The average Bonchev–Trinajstić information content (AvgIpc) is 2.97. The lowest BCUT2D eigenvalue weighted by Crippen LogP contribution is -2.38. The second-order valence-electron chi connectivity index (χ2n) is 6.07. The van der Waals surface area contributed by atoms with Gasteiger partial charge in [-0.1, -0.05) is 23.5 Å². The molecule has 8 nitrogen and oxygen atoms in total. The van der Waals surface area contributed by atoms with Crippen LogP contribution < -0.4 is 10.4 Å². The van der Waals surface area contributed by atoms with Crippen LogP contribution in [-0.2, 0) is 22.6 Å². The second kappa shape index (κ2) is 8.28. The number of nitrogens with zero attached hydrogens (tertiary/aromatic N) is 3. The number of H-pyrrole nitrogens is 1. The van der Waals surface area contributed by atoms with E-state index in [1.54, 1.807) is 43.7 Å². The van der Waals surface area contributed by atoms with Crippen LogP contribution in [0.15, 0.2) is 39.2 Å². The Hall–Kier alpha value is -2.78. The molecule has 0 unspecified atom stereocenters. The van der Waals surface area contributed by atoms with Gasteiger partial charge in [0.15, 0.2) is 0 Å². The minimum atomic E-state index is -0.250. The molecule has 0 fully saturated rings. The summed E-state index contributed by atoms with van der Waals surface area (Å²) in [6, 6.07) is 7.03. The summed E-state index contributed by atoms with van der Waals surface area (Å²) in [5, 5.41) is 2.22. The van der Waals surface area contributed by atoms with E-state index in [-0.39, 0.29) is 29.4 Å². The molecular formula is C18H20N4O4S. The fraction of sp³-hybridized carbons (Fsp3) is 0.333. The maximum absolute atomic E-state index is 12.8. The van der Waals surface area contributed by atoms with Crippen LogP contribution >= 0.6 is 11.3 Å². The predicted molar refractivity (Wildman–Crippen MR) is 103 cm³/mol. The number of aromatic nitrogens is 3. The number of para-hydroxylation sites is 1. The van der Waals surface area contributed by atoms with E-state index < -0.39 is 0 Å². The fourth-order valence-corrected chi connectivity index (χ4v) is 3.45. The summed E-state index contributed by atoms with van der Waals surface area (Å²) in [4.78, 5) is 45.4. The molecule has 1 amide bonds. The van der Waals surface area contributed by atoms with Gasteiger partial charge in [-0.25, -0.2) is 4.98 Å². The molecule has 3 aromatic rings. The lowest BCUT2D eigenvalue weighted by molar-refractivity contribution is -0.133. The van der Waals surface area contributed by atoms with Crippen molar-refractivity contribution in [2.45, 2.75) is 20.0 Å². The smallest absolute Gasteiger partial charge is 0.307 e. The highest BCUT2D eigenvalue weighted by molar-refractivity contribution is 7.07. The third-order valence-electron chi connectivity index (χ3n) is 4.19. The van der Waals surface area contributed by atoms with Gasteiger partial charge in [0.25, 0.3) is 5.56 Å². The number of methoxy groups -OCH3 is 1. The molecule has 0 bridgehead atoms. The Labute approximate surface area is 159 Å². The van der Waals surface area contributed by atoms with Crippen LogP contribution in [-0.4, -0.2) is 45.6 Å². The third kappa shape index (κ3) is 4.32. The van der Waals surface area contributed by atoms with Gasteiger partial charge in [0.1, 0.15) is 12.4 Å². The van der Waals surface area contributed by atoms with Crippen molar-refractivity contribution in [3.8, 4) is 0 Å². The van der Waals surface area contributed by atoms with Crippen molar-refractivity contribution in [2.75, 3.05) is 20.3 Å². The molecule has 0 atom stereocenters. The number of nitrogens with one attached hydrogen (secondary N) is 1. The fourth-order valence-electron chi connectivity index (χ4n) is 2.72. The summed E-state index contributed by atoms with van der Waals surface area (Å²) >= 11 is 1.06. The topological polar surface area (TPSA) is 97.3 Å². The van der Waals surface area contributed by atoms with Crippen LogP contribution in [0.2, 0.25) is 0 Å². The zero-order valence-corrected chi connectivity index (χ0v) is 15.9. The van der Waals surface area contributed by atoms with Crippen molar-refractivity contribution >= 4 is 28.1 Å². The van der Waals surface area contributed by atoms with Crippen LogP contribution in [0, 0.1) is 6.92 Å². The highest BCUT2D eigenvalue weighted by Crippen LogP contribution is 2.08. The lowest BCUT2D eigenvalue weighted by Gasteiger charge is -2.22. The SMILES string of the molecule is COCCN(Cc1nc2ccccc2c(=O)[nH]1)C(=O)Cn1c(C)csc1=O. The van der Waals surface area contributed by atoms with Gasteiger partial charge < -0.3 is 14.6 Å². The summed E-state index contributed by atoms with van der Waals surface area (Å²) in [5.41, 5.74) is 1.06. The normalized spacial score (nSPS) is 11.0. The van der Waals surface area contributed by atoms with Crippen LogP contribution in [0.4, 0.5) is 0 Å². The Bertz CT molecular complexity index is 1070. The molecule has 0 saturated carbocycles. The minimum Gasteiger partial charge on any atom is -0.383 e. The third-order valence-corrected chi connectivity index (χ3v) is 5.07. The first kappa shape index (κ1) is 19.0. The number of hydrogen-bond acceptors (Lipinski definition) is 6. The van der Waals surface area contributed by atoms with Crippen molar-refractivity contribution < 1.29 is 9.53 Å². The number of aryl methyl sites for hydroxylation is 1. The molecule has 0 radical (unpaired) electrons. The number of aromatic amines is 1. The molecule has 0 aliphatic rings. The molecule has 27 heavy (non-hydrogen) atoms. The summed E-state index contributed by atoms with van der Waals surface area (Å²) in [6.45, 7) is 2.51. The average molecular weight is 388 g/mol. The van der Waals surface area contributed by atoms with Gasteiger partial charge in [-0.2, -0.15) is 0 Å². The molecule has 1 aromatic carbocycles. The first-order valence-electron chi connectivity index (χ1n) is 8.39. The van der Waals surface area contributed by atoms with Crippen LogP contribution in [0.25, 0.3) is 10.9 Å². The Balaban J connectivity index is 1.85. The monoisotopic (exact) mass is 388 g/mol. The number of rotatable bonds is 7. The maximum Gasteiger partial charge on any atom is 0.307 e. The van der Waals surface area contributed by atoms with E-state index in [9.17, 15) is 14.4 Å². The molecule has 2 heterocycles. The number of benzene rings is 1. The van der Waals surface area contributed by atoms with Gasteiger partial charge in [0.2, 0.25) is 5.91 Å². The Morgan fingerprint density at radius 2 is 2.11 bits per heavy atom. The number of fused-ring (bicyclic) bond motifs is 1. The highest BCUT2D eigenvalue weighted by Gasteiger charge is 2.18. The predicted octanol–water partition coefficient (Wildman–Crippen LogP) is 1.13. The molecule has 0 aliphatic carbocycles. The summed E-state index contributed by atoms with van der Waals surface area (Å²) in [5.74, 6) is 0.143. The number of hydrogen-bond donors (Lipinski definition) is 1. The summed E-state index contributed by atoms with van der Waals surface area (Å²) < 4.78 is 6.52. The molecule has 142 valence electrons. The molecule has 0 aliphatic heterocycles. The maximum atomic E-state index is 12.8. The van der Waals surface area contributed by atoms with Crippen molar-refractivity contribution in [3.05, 3.63) is 61.2 Å². The zero-order chi connectivity index (χ0) is 19.4. The van der Waals surface area contributed by atoms with E-state index in [1.165, 1.54) is 9.47 Å².